The molecule has 0 aromatic heterocycles. The van der Waals surface area contributed by atoms with Gasteiger partial charge in [0.1, 0.15) is 6.23 Å². The quantitative estimate of drug-likeness (QED) is 0.435. The Balaban J connectivity index is 2.77. The molecule has 0 spiro atoms. The number of hydrogen-bond donors (Lipinski definition) is 2. The van der Waals surface area contributed by atoms with Crippen molar-refractivity contribution in [3.63, 3.8) is 0 Å². The molecule has 2 N–H and O–H groups in total. The van der Waals surface area contributed by atoms with E-state index in [1.165, 1.54) is 19.3 Å². The Hall–Kier alpha value is -0.0800. The van der Waals surface area contributed by atoms with E-state index in [9.17, 15) is 0 Å². The van der Waals surface area contributed by atoms with Gasteiger partial charge in [0, 0.05) is 0 Å². The first-order valence-electron chi connectivity index (χ1n) is 4.02. The van der Waals surface area contributed by atoms with Crippen molar-refractivity contribution in [1.82, 2.24) is 5.32 Å². The van der Waals surface area contributed by atoms with Crippen molar-refractivity contribution in [2.24, 2.45) is 0 Å². The van der Waals surface area contributed by atoms with Gasteiger partial charge in [-0.3, -0.25) is 5.32 Å². The minimum absolute atomic E-state index is 0.596. The van der Waals surface area contributed by atoms with Crippen LogP contribution in [0.4, 0.5) is 0 Å². The molecule has 0 rings (SSSR count). The molecule has 0 aromatic carbocycles. The van der Waals surface area contributed by atoms with E-state index in [4.69, 9.17) is 5.11 Å². The molecule has 1 unspecified atom stereocenters. The average molecular weight is 144 g/mol. The molecule has 0 aromatic rings. The molecule has 0 amide bonds. The van der Waals surface area contributed by atoms with E-state index in [0.29, 0.717) is 0 Å². The zero-order valence-corrected chi connectivity index (χ0v) is 6.77. The van der Waals surface area contributed by atoms with E-state index in [1.54, 1.807) is 0 Å². The molecular formula is C8H18NO. The van der Waals surface area contributed by atoms with Gasteiger partial charge < -0.3 is 5.11 Å². The summed E-state index contributed by atoms with van der Waals surface area (Å²) in [7, 11) is 0. The van der Waals surface area contributed by atoms with Crippen molar-refractivity contribution in [2.75, 3.05) is 6.54 Å². The van der Waals surface area contributed by atoms with Crippen molar-refractivity contribution in [3.8, 4) is 0 Å². The molecule has 0 aliphatic rings. The summed E-state index contributed by atoms with van der Waals surface area (Å²) in [6.45, 7) is 6.46. The van der Waals surface area contributed by atoms with Crippen molar-refractivity contribution in [3.05, 3.63) is 6.92 Å². The fraction of sp³-hybridized carbons (Fsp3) is 0.875. The summed E-state index contributed by atoms with van der Waals surface area (Å²) < 4.78 is 0. The van der Waals surface area contributed by atoms with Crippen LogP contribution in [0.5, 0.6) is 0 Å². The Morgan fingerprint density at radius 1 is 1.40 bits per heavy atom. The number of unbranched alkanes of at least 4 members (excludes halogenated alkanes) is 3. The first-order chi connectivity index (χ1) is 4.77. The standard InChI is InChI=1S/C8H18NO/c1-3-4-5-6-7-9-8(2)10/h8-10H,2-7H2,1H3. The molecule has 1 atom stereocenters. The van der Waals surface area contributed by atoms with Gasteiger partial charge in [-0.25, -0.2) is 0 Å². The predicted octanol–water partition coefficient (Wildman–Crippen LogP) is 1.31. The zero-order chi connectivity index (χ0) is 7.82. The highest BCUT2D eigenvalue weighted by Gasteiger charge is 1.91. The van der Waals surface area contributed by atoms with E-state index < -0.39 is 6.23 Å². The molecule has 2 heteroatoms. The van der Waals surface area contributed by atoms with Gasteiger partial charge >= 0.3 is 0 Å². The molecule has 0 aliphatic heterocycles. The molecule has 2 nitrogen and oxygen atoms in total. The second-order valence-corrected chi connectivity index (χ2v) is 2.53. The molecule has 0 bridgehead atoms. The summed E-state index contributed by atoms with van der Waals surface area (Å²) in [6.07, 6.45) is 4.33. The Morgan fingerprint density at radius 3 is 2.60 bits per heavy atom. The third kappa shape index (κ3) is 7.92. The molecule has 0 saturated heterocycles. The van der Waals surface area contributed by atoms with Gasteiger partial charge in [0.05, 0.1) is 0 Å². The summed E-state index contributed by atoms with van der Waals surface area (Å²) in [5, 5.41) is 11.5. The highest BCUT2D eigenvalue weighted by Crippen LogP contribution is 1.96. The average Bonchev–Trinajstić information content (AvgIpc) is 1.87. The molecular weight excluding hydrogens is 126 g/mol. The molecule has 0 saturated carbocycles. The lowest BCUT2D eigenvalue weighted by atomic mass is 10.2. The molecule has 0 heterocycles. The minimum Gasteiger partial charge on any atom is -0.379 e. The molecule has 0 aliphatic carbocycles. The lowest BCUT2D eigenvalue weighted by molar-refractivity contribution is 0.181. The zero-order valence-electron chi connectivity index (χ0n) is 6.77. The topological polar surface area (TPSA) is 32.3 Å². The summed E-state index contributed by atoms with van der Waals surface area (Å²) in [4.78, 5) is 0. The van der Waals surface area contributed by atoms with Crippen molar-refractivity contribution < 1.29 is 5.11 Å². The molecule has 1 radical (unpaired) electrons. The van der Waals surface area contributed by atoms with Gasteiger partial charge in [-0.1, -0.05) is 26.2 Å². The monoisotopic (exact) mass is 144 g/mol. The fourth-order valence-corrected chi connectivity index (χ4v) is 0.820. The van der Waals surface area contributed by atoms with Crippen LogP contribution in [0, 0.1) is 6.92 Å². The van der Waals surface area contributed by atoms with E-state index in [2.05, 4.69) is 19.2 Å². The van der Waals surface area contributed by atoms with Crippen LogP contribution in [-0.2, 0) is 0 Å². The largest absolute Gasteiger partial charge is 0.379 e. The second kappa shape index (κ2) is 7.03. The van der Waals surface area contributed by atoms with Gasteiger partial charge in [0.15, 0.2) is 0 Å². The predicted molar refractivity (Wildman–Crippen MR) is 43.5 cm³/mol. The third-order valence-electron chi connectivity index (χ3n) is 1.41. The van der Waals surface area contributed by atoms with Gasteiger partial charge in [0.2, 0.25) is 0 Å². The van der Waals surface area contributed by atoms with Gasteiger partial charge in [0.25, 0.3) is 0 Å². The van der Waals surface area contributed by atoms with Gasteiger partial charge in [-0.05, 0) is 19.9 Å². The van der Waals surface area contributed by atoms with Crippen LogP contribution in [0.25, 0.3) is 0 Å². The van der Waals surface area contributed by atoms with Crippen molar-refractivity contribution in [1.29, 1.82) is 0 Å². The number of aliphatic hydroxyl groups is 1. The first-order valence-corrected chi connectivity index (χ1v) is 4.02. The minimum atomic E-state index is -0.596. The maximum absolute atomic E-state index is 8.69. The van der Waals surface area contributed by atoms with Crippen molar-refractivity contribution in [2.45, 2.75) is 38.8 Å². The number of hydrogen-bond acceptors (Lipinski definition) is 2. The van der Waals surface area contributed by atoms with E-state index in [1.807, 2.05) is 0 Å². The molecule has 0 fully saturated rings. The van der Waals surface area contributed by atoms with E-state index >= 15 is 0 Å². The van der Waals surface area contributed by atoms with Crippen LogP contribution >= 0.6 is 0 Å². The Kier molecular flexibility index (Phi) is 6.98. The van der Waals surface area contributed by atoms with Crippen LogP contribution in [0.1, 0.15) is 32.6 Å². The highest BCUT2D eigenvalue weighted by atomic mass is 16.3. The third-order valence-corrected chi connectivity index (χ3v) is 1.41. The summed E-state index contributed by atoms with van der Waals surface area (Å²) in [6, 6.07) is 0. The smallest absolute Gasteiger partial charge is 0.105 e. The maximum atomic E-state index is 8.69. The Morgan fingerprint density at radius 2 is 2.10 bits per heavy atom. The fourth-order valence-electron chi connectivity index (χ4n) is 0.820. The van der Waals surface area contributed by atoms with Crippen LogP contribution < -0.4 is 5.32 Å². The summed E-state index contributed by atoms with van der Waals surface area (Å²) in [5.74, 6) is 0. The number of rotatable bonds is 6. The maximum Gasteiger partial charge on any atom is 0.105 e. The lowest BCUT2D eigenvalue weighted by Crippen LogP contribution is -2.26. The summed E-state index contributed by atoms with van der Waals surface area (Å²) in [5.41, 5.74) is 0. The highest BCUT2D eigenvalue weighted by molar-refractivity contribution is 4.53. The van der Waals surface area contributed by atoms with Gasteiger partial charge in [-0.2, -0.15) is 0 Å². The van der Waals surface area contributed by atoms with Crippen molar-refractivity contribution >= 4 is 0 Å². The summed E-state index contributed by atoms with van der Waals surface area (Å²) >= 11 is 0. The van der Waals surface area contributed by atoms with E-state index in [-0.39, 0.29) is 0 Å². The molecule has 10 heavy (non-hydrogen) atoms. The SMILES string of the molecule is [CH2]C(O)NCCCCCC. The van der Waals surface area contributed by atoms with Crippen LogP contribution in [0.3, 0.4) is 0 Å². The normalized spacial score (nSPS) is 13.5. The molecule has 61 valence electrons. The number of aliphatic hydroxyl groups excluding tert-OH is 1. The van der Waals surface area contributed by atoms with Crippen LogP contribution in [-0.4, -0.2) is 17.9 Å². The number of nitrogens with one attached hydrogen (secondary N) is 1. The van der Waals surface area contributed by atoms with Gasteiger partial charge in [-0.15, -0.1) is 0 Å². The first kappa shape index (κ1) is 9.92. The lowest BCUT2D eigenvalue weighted by Gasteiger charge is -2.05. The van der Waals surface area contributed by atoms with Crippen LogP contribution in [0.2, 0.25) is 0 Å². The van der Waals surface area contributed by atoms with Crippen LogP contribution in [0.15, 0.2) is 0 Å². The second-order valence-electron chi connectivity index (χ2n) is 2.53. The Labute approximate surface area is 63.6 Å². The van der Waals surface area contributed by atoms with E-state index in [0.717, 1.165) is 13.0 Å². The Bertz CT molecular complexity index is 64.3.